The van der Waals surface area contributed by atoms with E-state index >= 15 is 0 Å². The van der Waals surface area contributed by atoms with Gasteiger partial charge in [0.15, 0.2) is 0 Å². The van der Waals surface area contributed by atoms with Gasteiger partial charge < -0.3 is 15.2 Å². The fourth-order valence-electron chi connectivity index (χ4n) is 1.41. The Morgan fingerprint density at radius 2 is 2.17 bits per heavy atom. The number of alkyl halides is 2. The van der Waals surface area contributed by atoms with Crippen LogP contribution in [0.3, 0.4) is 0 Å². The quantitative estimate of drug-likeness (QED) is 0.784. The Morgan fingerprint density at radius 3 is 2.78 bits per heavy atom. The first-order chi connectivity index (χ1) is 8.52. The molecule has 6 heteroatoms. The zero-order valence-electron chi connectivity index (χ0n) is 9.94. The molecule has 0 aliphatic rings. The van der Waals surface area contributed by atoms with E-state index in [0.29, 0.717) is 5.75 Å². The van der Waals surface area contributed by atoms with Crippen LogP contribution in [0.15, 0.2) is 24.3 Å². The third kappa shape index (κ3) is 4.67. The van der Waals surface area contributed by atoms with Crippen LogP contribution in [-0.2, 0) is 16.0 Å². The van der Waals surface area contributed by atoms with E-state index in [0.717, 1.165) is 5.56 Å². The van der Waals surface area contributed by atoms with Crippen molar-refractivity contribution in [3.05, 3.63) is 29.8 Å². The molecule has 0 fully saturated rings. The lowest BCUT2D eigenvalue weighted by Gasteiger charge is -2.11. The van der Waals surface area contributed by atoms with E-state index in [1.54, 1.807) is 24.3 Å². The molecule has 1 atom stereocenters. The normalized spacial score (nSPS) is 12.3. The molecule has 0 amide bonds. The molecule has 100 valence electrons. The summed E-state index contributed by atoms with van der Waals surface area (Å²) < 4.78 is 33.3. The summed E-state index contributed by atoms with van der Waals surface area (Å²) in [5, 5.41) is 0. The zero-order chi connectivity index (χ0) is 13.5. The van der Waals surface area contributed by atoms with Crippen LogP contribution in [-0.4, -0.2) is 32.2 Å². The Hall–Kier alpha value is -1.69. The minimum absolute atomic E-state index is 0.262. The maximum atomic E-state index is 12.0. The van der Waals surface area contributed by atoms with Gasteiger partial charge >= 0.3 is 5.97 Å². The van der Waals surface area contributed by atoms with Crippen LogP contribution in [0.25, 0.3) is 0 Å². The summed E-state index contributed by atoms with van der Waals surface area (Å²) >= 11 is 0. The molecule has 0 spiro atoms. The molecule has 4 nitrogen and oxygen atoms in total. The second kappa shape index (κ2) is 6.90. The lowest BCUT2D eigenvalue weighted by molar-refractivity contribution is -0.142. The van der Waals surface area contributed by atoms with E-state index in [2.05, 4.69) is 4.74 Å². The molecule has 0 radical (unpaired) electrons. The minimum Gasteiger partial charge on any atom is -0.488 e. The summed E-state index contributed by atoms with van der Waals surface area (Å²) in [5.74, 6) is -0.196. The monoisotopic (exact) mass is 259 g/mol. The second-order valence-electron chi connectivity index (χ2n) is 3.68. The Morgan fingerprint density at radius 1 is 1.44 bits per heavy atom. The molecule has 0 saturated carbocycles. The van der Waals surface area contributed by atoms with Gasteiger partial charge in [-0.1, -0.05) is 12.1 Å². The number of hydrogen-bond acceptors (Lipinski definition) is 4. The molecule has 0 aliphatic heterocycles. The predicted molar refractivity (Wildman–Crippen MR) is 61.6 cm³/mol. The molecule has 0 aliphatic carbocycles. The van der Waals surface area contributed by atoms with Gasteiger partial charge in [0.25, 0.3) is 6.43 Å². The first-order valence-corrected chi connectivity index (χ1v) is 5.36. The molecule has 1 aromatic rings. The van der Waals surface area contributed by atoms with E-state index < -0.39 is 25.0 Å². The maximum absolute atomic E-state index is 12.0. The second-order valence-corrected chi connectivity index (χ2v) is 3.68. The number of hydrogen-bond donors (Lipinski definition) is 1. The standard InChI is InChI=1S/C12H15F2NO3/c1-17-12(16)10(15)6-8-3-2-4-9(5-8)18-7-11(13)14/h2-5,10-11H,6-7,15H2,1H3. The lowest BCUT2D eigenvalue weighted by atomic mass is 10.1. The van der Waals surface area contributed by atoms with Crippen molar-refractivity contribution in [2.75, 3.05) is 13.7 Å². The Kier molecular flexibility index (Phi) is 5.51. The van der Waals surface area contributed by atoms with Crippen LogP contribution in [0, 0.1) is 0 Å². The summed E-state index contributed by atoms with van der Waals surface area (Å²) in [4.78, 5) is 11.1. The van der Waals surface area contributed by atoms with Crippen LogP contribution in [0.4, 0.5) is 8.78 Å². The summed E-state index contributed by atoms with van der Waals surface area (Å²) in [6.07, 6.45) is -2.26. The molecule has 2 N–H and O–H groups in total. The first-order valence-electron chi connectivity index (χ1n) is 5.36. The number of benzene rings is 1. The van der Waals surface area contributed by atoms with Gasteiger partial charge in [0.2, 0.25) is 0 Å². The Balaban J connectivity index is 2.61. The smallest absolute Gasteiger partial charge is 0.322 e. The van der Waals surface area contributed by atoms with Gasteiger partial charge in [-0.2, -0.15) is 0 Å². The fraction of sp³-hybridized carbons (Fsp3) is 0.417. The molecule has 1 unspecified atom stereocenters. The van der Waals surface area contributed by atoms with Gasteiger partial charge in [-0.05, 0) is 24.1 Å². The van der Waals surface area contributed by atoms with E-state index in [9.17, 15) is 13.6 Å². The van der Waals surface area contributed by atoms with Gasteiger partial charge in [-0.25, -0.2) is 8.78 Å². The number of methoxy groups -OCH3 is 1. The summed E-state index contributed by atoms with van der Waals surface area (Å²) in [6.45, 7) is -0.660. The van der Waals surface area contributed by atoms with E-state index in [-0.39, 0.29) is 6.42 Å². The van der Waals surface area contributed by atoms with E-state index in [1.807, 2.05) is 0 Å². The van der Waals surface area contributed by atoms with Crippen molar-refractivity contribution in [3.63, 3.8) is 0 Å². The molecule has 0 saturated heterocycles. The summed E-state index contributed by atoms with van der Waals surface area (Å²) in [5.41, 5.74) is 6.32. The maximum Gasteiger partial charge on any atom is 0.322 e. The van der Waals surface area contributed by atoms with Crippen molar-refractivity contribution in [2.24, 2.45) is 5.73 Å². The predicted octanol–water partition coefficient (Wildman–Crippen LogP) is 1.37. The molecular weight excluding hydrogens is 244 g/mol. The molecule has 18 heavy (non-hydrogen) atoms. The van der Waals surface area contributed by atoms with Crippen molar-refractivity contribution in [3.8, 4) is 5.75 Å². The van der Waals surface area contributed by atoms with Crippen molar-refractivity contribution in [2.45, 2.75) is 18.9 Å². The van der Waals surface area contributed by atoms with Gasteiger partial charge in [-0.3, -0.25) is 4.79 Å². The SMILES string of the molecule is COC(=O)C(N)Cc1cccc(OCC(F)F)c1. The average Bonchev–Trinajstić information content (AvgIpc) is 2.35. The fourth-order valence-corrected chi connectivity index (χ4v) is 1.41. The number of carbonyl (C=O) groups excluding carboxylic acids is 1. The highest BCUT2D eigenvalue weighted by molar-refractivity contribution is 5.75. The minimum atomic E-state index is -2.52. The number of rotatable bonds is 6. The van der Waals surface area contributed by atoms with Crippen molar-refractivity contribution < 1.29 is 23.0 Å². The molecule has 0 aromatic heterocycles. The number of esters is 1. The highest BCUT2D eigenvalue weighted by Crippen LogP contribution is 2.15. The van der Waals surface area contributed by atoms with E-state index in [1.165, 1.54) is 7.11 Å². The number of nitrogens with two attached hydrogens (primary N) is 1. The lowest BCUT2D eigenvalue weighted by Crippen LogP contribution is -2.33. The largest absolute Gasteiger partial charge is 0.488 e. The third-order valence-corrected chi connectivity index (χ3v) is 2.23. The van der Waals surface area contributed by atoms with Crippen molar-refractivity contribution in [1.82, 2.24) is 0 Å². The Labute approximate surface area is 104 Å². The van der Waals surface area contributed by atoms with Crippen LogP contribution < -0.4 is 10.5 Å². The van der Waals surface area contributed by atoms with Gasteiger partial charge in [0.1, 0.15) is 18.4 Å². The molecule has 0 heterocycles. The van der Waals surface area contributed by atoms with Crippen LogP contribution in [0.2, 0.25) is 0 Å². The van der Waals surface area contributed by atoms with Crippen molar-refractivity contribution >= 4 is 5.97 Å². The third-order valence-electron chi connectivity index (χ3n) is 2.23. The van der Waals surface area contributed by atoms with Crippen LogP contribution >= 0.6 is 0 Å². The zero-order valence-corrected chi connectivity index (χ0v) is 9.94. The highest BCUT2D eigenvalue weighted by atomic mass is 19.3. The molecule has 1 aromatic carbocycles. The van der Waals surface area contributed by atoms with Crippen LogP contribution in [0.1, 0.15) is 5.56 Å². The molecule has 1 rings (SSSR count). The highest BCUT2D eigenvalue weighted by Gasteiger charge is 2.14. The number of carbonyl (C=O) groups is 1. The van der Waals surface area contributed by atoms with E-state index in [4.69, 9.17) is 10.5 Å². The number of halogens is 2. The topological polar surface area (TPSA) is 61.5 Å². The van der Waals surface area contributed by atoms with Gasteiger partial charge in [-0.15, -0.1) is 0 Å². The molecular formula is C12H15F2NO3. The van der Waals surface area contributed by atoms with Crippen molar-refractivity contribution in [1.29, 1.82) is 0 Å². The molecule has 0 bridgehead atoms. The Bertz CT molecular complexity index is 399. The summed E-state index contributed by atoms with van der Waals surface area (Å²) in [7, 11) is 1.25. The first kappa shape index (κ1) is 14.4. The van der Waals surface area contributed by atoms with Crippen LogP contribution in [0.5, 0.6) is 5.75 Å². The van der Waals surface area contributed by atoms with Gasteiger partial charge in [0, 0.05) is 0 Å². The average molecular weight is 259 g/mol. The summed E-state index contributed by atoms with van der Waals surface area (Å²) in [6, 6.07) is 5.75. The number of ether oxygens (including phenoxy) is 2. The van der Waals surface area contributed by atoms with Gasteiger partial charge in [0.05, 0.1) is 7.11 Å².